The Bertz CT molecular complexity index is 545. The number of carbonyl (C=O) groups is 3. The number of nitrogens with zero attached hydrogens (tertiary/aromatic N) is 2. The van der Waals surface area contributed by atoms with E-state index in [-0.39, 0.29) is 19.1 Å². The van der Waals surface area contributed by atoms with Gasteiger partial charge in [-0.1, -0.05) is 0 Å². The normalized spacial score (nSPS) is 14.2. The van der Waals surface area contributed by atoms with Crippen molar-refractivity contribution in [3.63, 3.8) is 0 Å². The maximum Gasteiger partial charge on any atom is 0.271 e. The minimum atomic E-state index is -0.558. The number of aromatic nitrogens is 1. The average molecular weight is 322 g/mol. The molecule has 1 aromatic rings. The second-order valence-corrected chi connectivity index (χ2v) is 4.73. The number of hydrazine groups is 1. The van der Waals surface area contributed by atoms with E-state index in [1.165, 1.54) is 12.4 Å². The average Bonchev–Trinajstić information content (AvgIpc) is 2.61. The van der Waals surface area contributed by atoms with Crippen molar-refractivity contribution in [3.05, 3.63) is 30.1 Å². The van der Waals surface area contributed by atoms with Gasteiger partial charge in [0, 0.05) is 25.5 Å². The maximum absolute atomic E-state index is 11.8. The Balaban J connectivity index is 1.61. The van der Waals surface area contributed by atoms with Crippen molar-refractivity contribution in [1.82, 2.24) is 20.7 Å². The summed E-state index contributed by atoms with van der Waals surface area (Å²) in [6.07, 6.45) is 2.91. The van der Waals surface area contributed by atoms with E-state index in [4.69, 9.17) is 9.47 Å². The van der Waals surface area contributed by atoms with E-state index in [0.717, 1.165) is 0 Å². The first-order valence-corrected chi connectivity index (χ1v) is 7.09. The lowest BCUT2D eigenvalue weighted by Crippen LogP contribution is -2.45. The van der Waals surface area contributed by atoms with Crippen molar-refractivity contribution in [2.24, 2.45) is 0 Å². The van der Waals surface area contributed by atoms with Gasteiger partial charge >= 0.3 is 0 Å². The molecule has 3 amide bonds. The third-order valence-electron chi connectivity index (χ3n) is 3.06. The van der Waals surface area contributed by atoms with Crippen LogP contribution in [0.25, 0.3) is 0 Å². The van der Waals surface area contributed by atoms with Gasteiger partial charge in [-0.15, -0.1) is 0 Å². The summed E-state index contributed by atoms with van der Waals surface area (Å²) in [4.78, 5) is 40.4. The molecule has 0 spiro atoms. The zero-order valence-electron chi connectivity index (χ0n) is 12.5. The van der Waals surface area contributed by atoms with Gasteiger partial charge in [-0.25, -0.2) is 0 Å². The summed E-state index contributed by atoms with van der Waals surface area (Å²) in [5, 5.41) is 0. The van der Waals surface area contributed by atoms with Crippen LogP contribution >= 0.6 is 0 Å². The van der Waals surface area contributed by atoms with Crippen LogP contribution in [0.4, 0.5) is 0 Å². The molecule has 0 atom stereocenters. The monoisotopic (exact) mass is 322 g/mol. The number of hydrogen-bond donors (Lipinski definition) is 2. The number of carbonyl (C=O) groups excluding carboxylic acids is 3. The Morgan fingerprint density at radius 3 is 2.70 bits per heavy atom. The molecule has 1 aliphatic heterocycles. The zero-order chi connectivity index (χ0) is 16.5. The highest BCUT2D eigenvalue weighted by Crippen LogP contribution is 1.97. The van der Waals surface area contributed by atoms with Crippen LogP contribution in [0, 0.1) is 0 Å². The molecule has 2 rings (SSSR count). The Hall–Kier alpha value is -2.52. The third kappa shape index (κ3) is 5.64. The Morgan fingerprint density at radius 1 is 1.22 bits per heavy atom. The fourth-order valence-electron chi connectivity index (χ4n) is 1.87. The summed E-state index contributed by atoms with van der Waals surface area (Å²) in [7, 11) is 0. The second-order valence-electron chi connectivity index (χ2n) is 4.73. The molecule has 1 aliphatic rings. The molecular formula is C14H18N4O5. The predicted molar refractivity (Wildman–Crippen MR) is 78.1 cm³/mol. The first-order chi connectivity index (χ1) is 11.2. The topological polar surface area (TPSA) is 110 Å². The summed E-state index contributed by atoms with van der Waals surface area (Å²) in [6.45, 7) is 1.54. The van der Waals surface area contributed by atoms with Gasteiger partial charge in [-0.05, 0) is 12.1 Å². The largest absolute Gasteiger partial charge is 0.378 e. The van der Waals surface area contributed by atoms with Crippen LogP contribution in [0.5, 0.6) is 0 Å². The number of rotatable bonds is 5. The summed E-state index contributed by atoms with van der Waals surface area (Å²) in [6, 6.07) is 3.17. The fraction of sp³-hybridized carbons (Fsp3) is 0.429. The van der Waals surface area contributed by atoms with E-state index in [0.29, 0.717) is 31.9 Å². The van der Waals surface area contributed by atoms with Crippen LogP contribution in [0.15, 0.2) is 24.5 Å². The molecule has 9 nitrogen and oxygen atoms in total. The van der Waals surface area contributed by atoms with Gasteiger partial charge in [-0.2, -0.15) is 0 Å². The van der Waals surface area contributed by atoms with E-state index in [9.17, 15) is 14.4 Å². The van der Waals surface area contributed by atoms with E-state index >= 15 is 0 Å². The summed E-state index contributed by atoms with van der Waals surface area (Å²) >= 11 is 0. The maximum atomic E-state index is 11.8. The second kappa shape index (κ2) is 8.81. The Labute approximate surface area is 132 Å². The molecule has 0 radical (unpaired) electrons. The van der Waals surface area contributed by atoms with Crippen molar-refractivity contribution in [2.45, 2.75) is 0 Å². The van der Waals surface area contributed by atoms with Gasteiger partial charge in [0.05, 0.1) is 18.8 Å². The summed E-state index contributed by atoms with van der Waals surface area (Å²) in [5.41, 5.74) is 4.74. The highest BCUT2D eigenvalue weighted by Gasteiger charge is 2.17. The van der Waals surface area contributed by atoms with Gasteiger partial charge < -0.3 is 14.4 Å². The third-order valence-corrected chi connectivity index (χ3v) is 3.06. The van der Waals surface area contributed by atoms with Crippen LogP contribution in [-0.2, 0) is 19.1 Å². The molecule has 124 valence electrons. The molecule has 2 N–H and O–H groups in total. The number of pyridine rings is 1. The van der Waals surface area contributed by atoms with Crippen LogP contribution in [0.3, 0.4) is 0 Å². The molecule has 0 saturated carbocycles. The first-order valence-electron chi connectivity index (χ1n) is 7.09. The minimum absolute atomic E-state index is 0.191. The van der Waals surface area contributed by atoms with Crippen molar-refractivity contribution in [3.8, 4) is 0 Å². The van der Waals surface area contributed by atoms with E-state index in [1.807, 2.05) is 0 Å². The van der Waals surface area contributed by atoms with Gasteiger partial charge in [0.1, 0.15) is 13.2 Å². The smallest absolute Gasteiger partial charge is 0.271 e. The van der Waals surface area contributed by atoms with Crippen LogP contribution in [0.2, 0.25) is 0 Å². The molecule has 1 aromatic heterocycles. The van der Waals surface area contributed by atoms with Gasteiger partial charge in [0.25, 0.3) is 11.8 Å². The van der Waals surface area contributed by atoms with Crippen molar-refractivity contribution in [2.75, 3.05) is 39.5 Å². The Kier molecular flexibility index (Phi) is 6.45. The minimum Gasteiger partial charge on any atom is -0.378 e. The number of nitrogens with one attached hydrogen (secondary N) is 2. The molecule has 9 heteroatoms. The molecule has 1 fully saturated rings. The lowest BCUT2D eigenvalue weighted by Gasteiger charge is -2.26. The van der Waals surface area contributed by atoms with E-state index < -0.39 is 11.8 Å². The zero-order valence-corrected chi connectivity index (χ0v) is 12.5. The number of ether oxygens (including phenoxy) is 2. The van der Waals surface area contributed by atoms with E-state index in [2.05, 4.69) is 15.8 Å². The first kappa shape index (κ1) is 16.8. The summed E-state index contributed by atoms with van der Waals surface area (Å²) < 4.78 is 10.2. The molecule has 0 aliphatic carbocycles. The number of amides is 3. The highest BCUT2D eigenvalue weighted by atomic mass is 16.5. The standard InChI is InChI=1S/C14H18N4O5/c19-12(16-17-14(21)11-2-1-3-15-8-11)9-23-10-13(20)18-4-6-22-7-5-18/h1-3,8H,4-7,9-10H2,(H,16,19)(H,17,21). The van der Waals surface area contributed by atoms with Crippen LogP contribution in [0.1, 0.15) is 10.4 Å². The number of morpholine rings is 1. The highest BCUT2D eigenvalue weighted by molar-refractivity contribution is 5.95. The molecule has 0 bridgehead atoms. The van der Waals surface area contributed by atoms with Crippen molar-refractivity contribution in [1.29, 1.82) is 0 Å². The molecule has 0 aromatic carbocycles. The molecule has 2 heterocycles. The quantitative estimate of drug-likeness (QED) is 0.653. The predicted octanol–water partition coefficient (Wildman–Crippen LogP) is -1.28. The van der Waals surface area contributed by atoms with Gasteiger partial charge in [-0.3, -0.25) is 30.2 Å². The van der Waals surface area contributed by atoms with Crippen molar-refractivity contribution < 1.29 is 23.9 Å². The van der Waals surface area contributed by atoms with Crippen LogP contribution in [-0.4, -0.2) is 67.1 Å². The molecule has 1 saturated heterocycles. The van der Waals surface area contributed by atoms with Gasteiger partial charge in [0.15, 0.2) is 0 Å². The lowest BCUT2D eigenvalue weighted by molar-refractivity contribution is -0.142. The Morgan fingerprint density at radius 2 is 2.00 bits per heavy atom. The SMILES string of the molecule is O=C(COCC(=O)N1CCOCC1)NNC(=O)c1cccnc1. The van der Waals surface area contributed by atoms with E-state index in [1.54, 1.807) is 17.0 Å². The van der Waals surface area contributed by atoms with Crippen LogP contribution < -0.4 is 10.9 Å². The fourth-order valence-corrected chi connectivity index (χ4v) is 1.87. The molecule has 23 heavy (non-hydrogen) atoms. The molecule has 0 unspecified atom stereocenters. The lowest BCUT2D eigenvalue weighted by atomic mass is 10.3. The van der Waals surface area contributed by atoms with Crippen molar-refractivity contribution >= 4 is 17.7 Å². The molecular weight excluding hydrogens is 304 g/mol. The number of hydrogen-bond acceptors (Lipinski definition) is 6. The summed E-state index contributed by atoms with van der Waals surface area (Å²) in [5.74, 6) is -1.24. The van der Waals surface area contributed by atoms with Gasteiger partial charge in [0.2, 0.25) is 5.91 Å².